The molecule has 0 radical (unpaired) electrons. The lowest BCUT2D eigenvalue weighted by Gasteiger charge is -2.09. The molecule has 1 aromatic carbocycles. The Balaban J connectivity index is 2.01. The summed E-state index contributed by atoms with van der Waals surface area (Å²) in [6, 6.07) is 6.62. The van der Waals surface area contributed by atoms with E-state index in [1.165, 1.54) is 19.5 Å². The number of ether oxygens (including phenoxy) is 1. The third-order valence-electron chi connectivity index (χ3n) is 3.55. The van der Waals surface area contributed by atoms with Gasteiger partial charge in [-0.25, -0.2) is 14.8 Å². The van der Waals surface area contributed by atoms with Crippen LogP contribution in [0.4, 0.5) is 11.5 Å². The molecule has 0 aliphatic carbocycles. The second-order valence-electron chi connectivity index (χ2n) is 5.41. The fourth-order valence-corrected chi connectivity index (χ4v) is 2.19. The Kier molecular flexibility index (Phi) is 6.88. The van der Waals surface area contributed by atoms with Crippen LogP contribution in [0.3, 0.4) is 0 Å². The van der Waals surface area contributed by atoms with E-state index >= 15 is 0 Å². The van der Waals surface area contributed by atoms with E-state index in [0.29, 0.717) is 11.5 Å². The normalized spacial score (nSPS) is 10.2. The highest BCUT2D eigenvalue weighted by atomic mass is 16.5. The zero-order chi connectivity index (χ0) is 18.1. The van der Waals surface area contributed by atoms with Crippen LogP contribution < -0.4 is 10.6 Å². The van der Waals surface area contributed by atoms with Crippen molar-refractivity contribution in [3.63, 3.8) is 0 Å². The summed E-state index contributed by atoms with van der Waals surface area (Å²) < 4.78 is 4.71. The molecule has 2 rings (SSSR count). The van der Waals surface area contributed by atoms with Crippen molar-refractivity contribution in [3.05, 3.63) is 47.9 Å². The molecule has 2 aromatic rings. The largest absolute Gasteiger partial charge is 0.465 e. The molecule has 0 aliphatic rings. The lowest BCUT2D eigenvalue weighted by atomic mass is 10.1. The van der Waals surface area contributed by atoms with Gasteiger partial charge in [0.05, 0.1) is 30.8 Å². The highest BCUT2D eigenvalue weighted by molar-refractivity contribution is 6.06. The number of esters is 1. The van der Waals surface area contributed by atoms with Crippen LogP contribution in [-0.2, 0) is 4.74 Å². The molecule has 0 saturated heterocycles. The van der Waals surface area contributed by atoms with Crippen molar-refractivity contribution in [2.45, 2.75) is 26.2 Å². The number of amides is 1. The summed E-state index contributed by atoms with van der Waals surface area (Å²) in [7, 11) is 1.29. The molecule has 0 unspecified atom stereocenters. The zero-order valence-electron chi connectivity index (χ0n) is 14.4. The van der Waals surface area contributed by atoms with Gasteiger partial charge in [0.15, 0.2) is 0 Å². The number of aromatic nitrogens is 2. The molecule has 0 atom stereocenters. The van der Waals surface area contributed by atoms with E-state index in [9.17, 15) is 9.59 Å². The summed E-state index contributed by atoms with van der Waals surface area (Å²) >= 11 is 0. The molecule has 1 aromatic heterocycles. The second kappa shape index (κ2) is 9.36. The van der Waals surface area contributed by atoms with Gasteiger partial charge in [-0.15, -0.1) is 0 Å². The lowest BCUT2D eigenvalue weighted by Crippen LogP contribution is -2.17. The first-order valence-electron chi connectivity index (χ1n) is 8.20. The van der Waals surface area contributed by atoms with Gasteiger partial charge in [0.1, 0.15) is 11.5 Å². The number of methoxy groups -OCH3 is 1. The average Bonchev–Trinajstić information content (AvgIpc) is 2.65. The molecule has 25 heavy (non-hydrogen) atoms. The van der Waals surface area contributed by atoms with Gasteiger partial charge in [-0.3, -0.25) is 4.79 Å². The van der Waals surface area contributed by atoms with Gasteiger partial charge in [0.25, 0.3) is 5.91 Å². The van der Waals surface area contributed by atoms with Crippen LogP contribution in [0.25, 0.3) is 0 Å². The van der Waals surface area contributed by atoms with Crippen molar-refractivity contribution in [2.75, 3.05) is 24.3 Å². The molecule has 1 heterocycles. The standard InChI is InChI=1S/C18H22N4O3/c1-3-4-7-10-19-16-12-20-15(11-21-16)17(23)22-14-9-6-5-8-13(14)18(24)25-2/h5-6,8-9,11-12H,3-4,7,10H2,1-2H3,(H,19,21)(H,22,23). The van der Waals surface area contributed by atoms with Crippen LogP contribution >= 0.6 is 0 Å². The van der Waals surface area contributed by atoms with Crippen molar-refractivity contribution in [1.29, 1.82) is 0 Å². The molecule has 0 fully saturated rings. The monoisotopic (exact) mass is 342 g/mol. The zero-order valence-corrected chi connectivity index (χ0v) is 14.4. The van der Waals surface area contributed by atoms with Crippen LogP contribution in [0, 0.1) is 0 Å². The predicted octanol–water partition coefficient (Wildman–Crippen LogP) is 3.12. The summed E-state index contributed by atoms with van der Waals surface area (Å²) in [5.41, 5.74) is 0.808. The summed E-state index contributed by atoms with van der Waals surface area (Å²) in [4.78, 5) is 32.3. The Morgan fingerprint density at radius 1 is 1.12 bits per heavy atom. The van der Waals surface area contributed by atoms with E-state index in [2.05, 4.69) is 27.5 Å². The maximum atomic E-state index is 12.3. The van der Waals surface area contributed by atoms with Gasteiger partial charge in [-0.05, 0) is 18.6 Å². The minimum atomic E-state index is -0.520. The Hall–Kier alpha value is -2.96. The SMILES string of the molecule is CCCCCNc1cnc(C(=O)Nc2ccccc2C(=O)OC)cn1. The number of hydrogen-bond acceptors (Lipinski definition) is 6. The van der Waals surface area contributed by atoms with Gasteiger partial charge < -0.3 is 15.4 Å². The number of unbranched alkanes of at least 4 members (excludes halogenated alkanes) is 2. The summed E-state index contributed by atoms with van der Waals surface area (Å²) in [6.07, 6.45) is 6.29. The van der Waals surface area contributed by atoms with Crippen LogP contribution in [0.15, 0.2) is 36.7 Å². The fourth-order valence-electron chi connectivity index (χ4n) is 2.19. The minimum Gasteiger partial charge on any atom is -0.465 e. The van der Waals surface area contributed by atoms with E-state index in [1.807, 2.05) is 0 Å². The Morgan fingerprint density at radius 3 is 2.60 bits per heavy atom. The van der Waals surface area contributed by atoms with Crippen LogP contribution in [0.1, 0.15) is 47.0 Å². The van der Waals surface area contributed by atoms with Gasteiger partial charge in [-0.1, -0.05) is 31.9 Å². The number of benzene rings is 1. The third-order valence-corrected chi connectivity index (χ3v) is 3.55. The summed E-state index contributed by atoms with van der Waals surface area (Å²) in [5, 5.41) is 5.82. The van der Waals surface area contributed by atoms with Gasteiger partial charge in [0.2, 0.25) is 0 Å². The topological polar surface area (TPSA) is 93.2 Å². The van der Waals surface area contributed by atoms with Gasteiger partial charge in [-0.2, -0.15) is 0 Å². The molecule has 0 spiro atoms. The first-order chi connectivity index (χ1) is 12.2. The van der Waals surface area contributed by atoms with Crippen molar-refractivity contribution in [2.24, 2.45) is 0 Å². The molecule has 1 amide bonds. The van der Waals surface area contributed by atoms with Crippen LogP contribution in [-0.4, -0.2) is 35.5 Å². The maximum Gasteiger partial charge on any atom is 0.339 e. The van der Waals surface area contributed by atoms with E-state index < -0.39 is 11.9 Å². The Bertz CT molecular complexity index is 717. The molecule has 2 N–H and O–H groups in total. The molecule has 0 bridgehead atoms. The third kappa shape index (κ3) is 5.27. The van der Waals surface area contributed by atoms with E-state index in [0.717, 1.165) is 25.8 Å². The molecule has 0 saturated carbocycles. The number of nitrogens with zero attached hydrogens (tertiary/aromatic N) is 2. The summed E-state index contributed by atoms with van der Waals surface area (Å²) in [5.74, 6) is -0.336. The molecule has 7 heteroatoms. The first kappa shape index (κ1) is 18.4. The van der Waals surface area contributed by atoms with Crippen molar-refractivity contribution in [3.8, 4) is 0 Å². The minimum absolute atomic E-state index is 0.166. The number of para-hydroxylation sites is 1. The predicted molar refractivity (Wildman–Crippen MR) is 95.8 cm³/mol. The van der Waals surface area contributed by atoms with E-state index in [4.69, 9.17) is 4.74 Å². The van der Waals surface area contributed by atoms with Crippen LogP contribution in [0.5, 0.6) is 0 Å². The number of anilines is 2. The average molecular weight is 342 g/mol. The van der Waals surface area contributed by atoms with Crippen molar-refractivity contribution >= 4 is 23.4 Å². The van der Waals surface area contributed by atoms with Gasteiger partial charge >= 0.3 is 5.97 Å². The molecule has 7 nitrogen and oxygen atoms in total. The molecular weight excluding hydrogens is 320 g/mol. The number of carbonyl (C=O) groups is 2. The van der Waals surface area contributed by atoms with E-state index in [1.54, 1.807) is 24.3 Å². The lowest BCUT2D eigenvalue weighted by molar-refractivity contribution is 0.0602. The maximum absolute atomic E-state index is 12.3. The molecule has 132 valence electrons. The number of rotatable bonds is 8. The fraction of sp³-hybridized carbons (Fsp3) is 0.333. The quantitative estimate of drug-likeness (QED) is 0.565. The highest BCUT2D eigenvalue weighted by Crippen LogP contribution is 2.17. The number of hydrogen-bond donors (Lipinski definition) is 2. The Labute approximate surface area is 146 Å². The molecular formula is C18H22N4O3. The Morgan fingerprint density at radius 2 is 1.92 bits per heavy atom. The highest BCUT2D eigenvalue weighted by Gasteiger charge is 2.15. The van der Waals surface area contributed by atoms with E-state index in [-0.39, 0.29) is 11.3 Å². The summed E-state index contributed by atoms with van der Waals surface area (Å²) in [6.45, 7) is 2.96. The van der Waals surface area contributed by atoms with Gasteiger partial charge in [0, 0.05) is 6.54 Å². The second-order valence-corrected chi connectivity index (χ2v) is 5.41. The number of nitrogens with one attached hydrogen (secondary N) is 2. The van der Waals surface area contributed by atoms with Crippen molar-refractivity contribution in [1.82, 2.24) is 9.97 Å². The first-order valence-corrected chi connectivity index (χ1v) is 8.20. The number of carbonyl (C=O) groups excluding carboxylic acids is 2. The smallest absolute Gasteiger partial charge is 0.339 e. The van der Waals surface area contributed by atoms with Crippen molar-refractivity contribution < 1.29 is 14.3 Å². The van der Waals surface area contributed by atoms with Crippen LogP contribution in [0.2, 0.25) is 0 Å². The molecule has 0 aliphatic heterocycles.